The van der Waals surface area contributed by atoms with E-state index in [1.807, 2.05) is 18.2 Å². The minimum absolute atomic E-state index is 0.201. The average Bonchev–Trinajstić information content (AvgIpc) is 2.67. The van der Waals surface area contributed by atoms with Crippen molar-refractivity contribution in [3.05, 3.63) is 53.7 Å². The number of fused-ring (bicyclic) bond motifs is 1. The molecular formula is C21H24N4O. The molecule has 1 aromatic heterocycles. The van der Waals surface area contributed by atoms with Gasteiger partial charge in [-0.25, -0.2) is 9.97 Å². The van der Waals surface area contributed by atoms with Crippen LogP contribution in [0.2, 0.25) is 0 Å². The van der Waals surface area contributed by atoms with Crippen molar-refractivity contribution < 1.29 is 5.11 Å². The fourth-order valence-corrected chi connectivity index (χ4v) is 3.78. The van der Waals surface area contributed by atoms with Crippen LogP contribution < -0.4 is 11.1 Å². The number of aryl methyl sites for hydroxylation is 1. The normalized spacial score (nSPS) is 20.4. The van der Waals surface area contributed by atoms with Crippen LogP contribution in [-0.4, -0.2) is 34.7 Å². The molecule has 1 aliphatic rings. The van der Waals surface area contributed by atoms with Gasteiger partial charge in [-0.2, -0.15) is 0 Å². The van der Waals surface area contributed by atoms with E-state index in [0.29, 0.717) is 23.9 Å². The zero-order valence-corrected chi connectivity index (χ0v) is 14.9. The van der Waals surface area contributed by atoms with Crippen LogP contribution in [0.1, 0.15) is 23.6 Å². The van der Waals surface area contributed by atoms with E-state index in [1.54, 1.807) is 6.07 Å². The maximum Gasteiger partial charge on any atom is 0.163 e. The highest BCUT2D eigenvalue weighted by Gasteiger charge is 2.26. The molecule has 1 fully saturated rings. The lowest BCUT2D eigenvalue weighted by molar-refractivity contribution is 0.345. The van der Waals surface area contributed by atoms with Gasteiger partial charge < -0.3 is 16.2 Å². The molecular weight excluding hydrogens is 324 g/mol. The van der Waals surface area contributed by atoms with Crippen molar-refractivity contribution >= 4 is 10.9 Å². The maximum absolute atomic E-state index is 10.3. The first kappa shape index (κ1) is 16.9. The van der Waals surface area contributed by atoms with Crippen LogP contribution in [0.4, 0.5) is 0 Å². The highest BCUT2D eigenvalue weighted by molar-refractivity contribution is 5.84. The van der Waals surface area contributed by atoms with E-state index in [-0.39, 0.29) is 11.7 Å². The number of hydrogen-bond donors (Lipinski definition) is 3. The maximum atomic E-state index is 10.3. The zero-order valence-electron chi connectivity index (χ0n) is 14.9. The van der Waals surface area contributed by atoms with Gasteiger partial charge in [0.15, 0.2) is 5.82 Å². The molecule has 1 aliphatic heterocycles. The predicted octanol–water partition coefficient (Wildman–Crippen LogP) is 2.96. The first-order valence-corrected chi connectivity index (χ1v) is 9.13. The van der Waals surface area contributed by atoms with Gasteiger partial charge in [-0.1, -0.05) is 24.3 Å². The minimum atomic E-state index is 0.201. The lowest BCUT2D eigenvalue weighted by atomic mass is 9.86. The molecule has 0 bridgehead atoms. The van der Waals surface area contributed by atoms with Crippen LogP contribution in [-0.2, 0) is 0 Å². The third-order valence-electron chi connectivity index (χ3n) is 5.19. The second kappa shape index (κ2) is 7.02. The van der Waals surface area contributed by atoms with Gasteiger partial charge in [0.25, 0.3) is 0 Å². The summed E-state index contributed by atoms with van der Waals surface area (Å²) in [7, 11) is 0. The number of phenolic OH excluding ortho intramolecular Hbond substituents is 1. The van der Waals surface area contributed by atoms with E-state index in [0.717, 1.165) is 41.7 Å². The minimum Gasteiger partial charge on any atom is -0.507 e. The molecule has 2 atom stereocenters. The molecule has 0 spiro atoms. The van der Waals surface area contributed by atoms with Gasteiger partial charge in [0.1, 0.15) is 5.75 Å². The number of rotatable bonds is 3. The number of para-hydroxylation sites is 1. The number of aromatic nitrogens is 2. The molecule has 0 aliphatic carbocycles. The standard InChI is InChI=1S/C21H24N4O/c1-13-6-7-16-18(8-13)24-21(17-4-2-3-5-19(17)26)25-20(16)15-9-14(10-22)11-23-12-15/h2-8,14-15,23,26H,9-12,22H2,1H3. The Morgan fingerprint density at radius 3 is 2.81 bits per heavy atom. The van der Waals surface area contributed by atoms with Crippen molar-refractivity contribution in [3.8, 4) is 17.1 Å². The summed E-state index contributed by atoms with van der Waals surface area (Å²) in [6.07, 6.45) is 1.02. The zero-order chi connectivity index (χ0) is 18.1. The van der Waals surface area contributed by atoms with Crippen LogP contribution in [0.25, 0.3) is 22.3 Å². The molecule has 0 radical (unpaired) electrons. The van der Waals surface area contributed by atoms with Gasteiger partial charge in [0.2, 0.25) is 0 Å². The Kier molecular flexibility index (Phi) is 4.57. The third kappa shape index (κ3) is 3.16. The molecule has 0 amide bonds. The van der Waals surface area contributed by atoms with E-state index in [1.165, 1.54) is 0 Å². The Bertz CT molecular complexity index is 940. The largest absolute Gasteiger partial charge is 0.507 e. The SMILES string of the molecule is Cc1ccc2c(C3CNCC(CN)C3)nc(-c3ccccc3O)nc2c1. The molecule has 3 aromatic rings. The van der Waals surface area contributed by atoms with Crippen molar-refractivity contribution in [1.82, 2.24) is 15.3 Å². The quantitative estimate of drug-likeness (QED) is 0.678. The number of aromatic hydroxyl groups is 1. The molecule has 2 unspecified atom stereocenters. The Morgan fingerprint density at radius 2 is 2.00 bits per heavy atom. The monoisotopic (exact) mass is 348 g/mol. The van der Waals surface area contributed by atoms with Crippen molar-refractivity contribution in [3.63, 3.8) is 0 Å². The highest BCUT2D eigenvalue weighted by Crippen LogP contribution is 2.34. The first-order valence-electron chi connectivity index (χ1n) is 9.13. The number of hydrogen-bond acceptors (Lipinski definition) is 5. The summed E-state index contributed by atoms with van der Waals surface area (Å²) in [6.45, 7) is 4.59. The van der Waals surface area contributed by atoms with E-state index < -0.39 is 0 Å². The Balaban J connectivity index is 1.89. The second-order valence-corrected chi connectivity index (χ2v) is 7.16. The summed E-state index contributed by atoms with van der Waals surface area (Å²) in [4.78, 5) is 9.65. The summed E-state index contributed by atoms with van der Waals surface area (Å²) in [5.41, 5.74) is 9.69. The van der Waals surface area contributed by atoms with Gasteiger partial charge in [-0.05, 0) is 56.1 Å². The fraction of sp³-hybridized carbons (Fsp3) is 0.333. The molecule has 134 valence electrons. The van der Waals surface area contributed by atoms with Crippen molar-refractivity contribution in [2.75, 3.05) is 19.6 Å². The first-order chi connectivity index (χ1) is 12.7. The van der Waals surface area contributed by atoms with Crippen molar-refractivity contribution in [2.24, 2.45) is 11.7 Å². The van der Waals surface area contributed by atoms with E-state index in [4.69, 9.17) is 15.7 Å². The molecule has 4 rings (SSSR count). The lowest BCUT2D eigenvalue weighted by Crippen LogP contribution is -2.38. The summed E-state index contributed by atoms with van der Waals surface area (Å²) in [5, 5.41) is 14.8. The average molecular weight is 348 g/mol. The molecule has 2 heterocycles. The third-order valence-corrected chi connectivity index (χ3v) is 5.19. The second-order valence-electron chi connectivity index (χ2n) is 7.16. The number of benzene rings is 2. The number of phenols is 1. The van der Waals surface area contributed by atoms with Gasteiger partial charge in [0, 0.05) is 17.8 Å². The van der Waals surface area contributed by atoms with E-state index in [9.17, 15) is 5.11 Å². The summed E-state index contributed by atoms with van der Waals surface area (Å²) in [6, 6.07) is 13.5. The molecule has 4 N–H and O–H groups in total. The number of piperidine rings is 1. The molecule has 1 saturated heterocycles. The van der Waals surface area contributed by atoms with Crippen LogP contribution in [0.3, 0.4) is 0 Å². The van der Waals surface area contributed by atoms with Crippen molar-refractivity contribution in [1.29, 1.82) is 0 Å². The molecule has 0 saturated carbocycles. The van der Waals surface area contributed by atoms with Gasteiger partial charge >= 0.3 is 0 Å². The Hall–Kier alpha value is -2.50. The number of nitrogens with one attached hydrogen (secondary N) is 1. The smallest absolute Gasteiger partial charge is 0.163 e. The van der Waals surface area contributed by atoms with Crippen LogP contribution >= 0.6 is 0 Å². The summed E-state index contributed by atoms with van der Waals surface area (Å²) in [5.74, 6) is 1.52. The lowest BCUT2D eigenvalue weighted by Gasteiger charge is -2.29. The molecule has 5 heteroatoms. The summed E-state index contributed by atoms with van der Waals surface area (Å²) >= 11 is 0. The predicted molar refractivity (Wildman–Crippen MR) is 104 cm³/mol. The molecule has 2 aromatic carbocycles. The topological polar surface area (TPSA) is 84.1 Å². The fourth-order valence-electron chi connectivity index (χ4n) is 3.78. The Morgan fingerprint density at radius 1 is 1.15 bits per heavy atom. The Labute approximate surface area is 153 Å². The number of nitrogens with zero attached hydrogens (tertiary/aromatic N) is 2. The summed E-state index contributed by atoms with van der Waals surface area (Å²) < 4.78 is 0. The molecule has 5 nitrogen and oxygen atoms in total. The van der Waals surface area contributed by atoms with Crippen LogP contribution in [0.15, 0.2) is 42.5 Å². The van der Waals surface area contributed by atoms with Gasteiger partial charge in [-0.3, -0.25) is 0 Å². The molecule has 26 heavy (non-hydrogen) atoms. The number of nitrogens with two attached hydrogens (primary N) is 1. The van der Waals surface area contributed by atoms with Gasteiger partial charge in [-0.15, -0.1) is 0 Å². The van der Waals surface area contributed by atoms with Crippen LogP contribution in [0.5, 0.6) is 5.75 Å². The highest BCUT2D eigenvalue weighted by atomic mass is 16.3. The van der Waals surface area contributed by atoms with E-state index >= 15 is 0 Å². The van der Waals surface area contributed by atoms with E-state index in [2.05, 4.69) is 30.4 Å². The van der Waals surface area contributed by atoms with Crippen molar-refractivity contribution in [2.45, 2.75) is 19.3 Å². The van der Waals surface area contributed by atoms with Crippen LogP contribution in [0, 0.1) is 12.8 Å². The van der Waals surface area contributed by atoms with Gasteiger partial charge in [0.05, 0.1) is 16.8 Å².